The van der Waals surface area contributed by atoms with Crippen LogP contribution in [0.4, 0.5) is 22.7 Å². The molecular formula is C20H23N5O4. The molecule has 1 fully saturated rings. The van der Waals surface area contributed by atoms with Gasteiger partial charge >= 0.3 is 0 Å². The molecular weight excluding hydrogens is 374 g/mol. The molecule has 0 saturated heterocycles. The molecule has 1 aliphatic carbocycles. The van der Waals surface area contributed by atoms with Crippen molar-refractivity contribution in [3.05, 3.63) is 68.3 Å². The van der Waals surface area contributed by atoms with Gasteiger partial charge in [0.1, 0.15) is 0 Å². The van der Waals surface area contributed by atoms with E-state index in [1.165, 1.54) is 43.5 Å². The topological polar surface area (TPSA) is 114 Å². The van der Waals surface area contributed by atoms with Crippen LogP contribution in [0.2, 0.25) is 0 Å². The highest BCUT2D eigenvalue weighted by molar-refractivity contribution is 5.89. The standard InChI is InChI=1S/C20H23N5O4/c1-23(17-5-3-2-4-6-17)20-12-11-19(25(28)29)13-15(20)14-21-22-16-7-9-18(10-8-16)24(26)27/h7-14,17,22H,2-6H2,1H3. The van der Waals surface area contributed by atoms with Crippen LogP contribution < -0.4 is 10.3 Å². The van der Waals surface area contributed by atoms with E-state index in [4.69, 9.17) is 0 Å². The summed E-state index contributed by atoms with van der Waals surface area (Å²) in [5.41, 5.74) is 4.92. The molecule has 9 nitrogen and oxygen atoms in total. The summed E-state index contributed by atoms with van der Waals surface area (Å²) in [7, 11) is 2.01. The Balaban J connectivity index is 1.81. The second-order valence-electron chi connectivity index (χ2n) is 7.08. The van der Waals surface area contributed by atoms with Gasteiger partial charge in [0.25, 0.3) is 11.4 Å². The van der Waals surface area contributed by atoms with Gasteiger partial charge in [-0.2, -0.15) is 5.10 Å². The van der Waals surface area contributed by atoms with E-state index in [2.05, 4.69) is 15.4 Å². The maximum absolute atomic E-state index is 11.2. The Morgan fingerprint density at radius 2 is 1.62 bits per heavy atom. The van der Waals surface area contributed by atoms with Gasteiger partial charge in [-0.15, -0.1) is 0 Å². The van der Waals surface area contributed by atoms with E-state index >= 15 is 0 Å². The van der Waals surface area contributed by atoms with Gasteiger partial charge in [-0.25, -0.2) is 0 Å². The van der Waals surface area contributed by atoms with Crippen molar-refractivity contribution in [2.24, 2.45) is 5.10 Å². The largest absolute Gasteiger partial charge is 0.371 e. The molecule has 0 radical (unpaired) electrons. The van der Waals surface area contributed by atoms with E-state index in [0.29, 0.717) is 17.3 Å². The summed E-state index contributed by atoms with van der Waals surface area (Å²) in [4.78, 5) is 23.2. The smallest absolute Gasteiger partial charge is 0.270 e. The zero-order chi connectivity index (χ0) is 20.8. The zero-order valence-corrected chi connectivity index (χ0v) is 16.2. The fourth-order valence-corrected chi connectivity index (χ4v) is 3.58. The highest BCUT2D eigenvalue weighted by atomic mass is 16.6. The van der Waals surface area contributed by atoms with Crippen molar-refractivity contribution in [1.82, 2.24) is 0 Å². The van der Waals surface area contributed by atoms with E-state index in [-0.39, 0.29) is 11.4 Å². The van der Waals surface area contributed by atoms with E-state index in [0.717, 1.165) is 18.5 Å². The minimum atomic E-state index is -0.469. The van der Waals surface area contributed by atoms with Crippen LogP contribution >= 0.6 is 0 Å². The Bertz CT molecular complexity index is 908. The first-order valence-electron chi connectivity index (χ1n) is 9.50. The number of nitrogens with zero attached hydrogens (tertiary/aromatic N) is 4. The fraction of sp³-hybridized carbons (Fsp3) is 0.350. The van der Waals surface area contributed by atoms with Crippen molar-refractivity contribution in [2.75, 3.05) is 17.4 Å². The third kappa shape index (κ3) is 5.07. The molecule has 2 aromatic carbocycles. The van der Waals surface area contributed by atoms with Crippen LogP contribution in [0.25, 0.3) is 0 Å². The minimum Gasteiger partial charge on any atom is -0.371 e. The summed E-state index contributed by atoms with van der Waals surface area (Å²) in [6.07, 6.45) is 7.37. The number of nitrogens with one attached hydrogen (secondary N) is 1. The molecule has 3 rings (SSSR count). The summed E-state index contributed by atoms with van der Waals surface area (Å²) in [5, 5.41) is 26.1. The third-order valence-corrected chi connectivity index (χ3v) is 5.20. The van der Waals surface area contributed by atoms with Crippen molar-refractivity contribution in [3.8, 4) is 0 Å². The number of non-ortho nitro benzene ring substituents is 2. The molecule has 1 aliphatic rings. The molecule has 1 saturated carbocycles. The van der Waals surface area contributed by atoms with Crippen molar-refractivity contribution in [1.29, 1.82) is 0 Å². The van der Waals surface area contributed by atoms with Crippen LogP contribution in [0.1, 0.15) is 37.7 Å². The number of nitro groups is 2. The van der Waals surface area contributed by atoms with Crippen molar-refractivity contribution in [3.63, 3.8) is 0 Å². The predicted octanol–water partition coefficient (Wildman–Crippen LogP) is 4.72. The number of rotatable bonds is 7. The van der Waals surface area contributed by atoms with Gasteiger partial charge in [-0.1, -0.05) is 19.3 Å². The third-order valence-electron chi connectivity index (χ3n) is 5.20. The first-order chi connectivity index (χ1) is 14.0. The highest BCUT2D eigenvalue weighted by Crippen LogP contribution is 2.30. The SMILES string of the molecule is CN(c1ccc([N+](=O)[O-])cc1C=NNc1ccc([N+](=O)[O-])cc1)C1CCCCC1. The lowest BCUT2D eigenvalue weighted by Crippen LogP contribution is -2.34. The molecule has 0 amide bonds. The molecule has 0 heterocycles. The number of benzene rings is 2. The quantitative estimate of drug-likeness (QED) is 0.411. The lowest BCUT2D eigenvalue weighted by atomic mass is 9.94. The minimum absolute atomic E-state index is 0.00239. The predicted molar refractivity (Wildman–Crippen MR) is 113 cm³/mol. The van der Waals surface area contributed by atoms with Crippen molar-refractivity contribution >= 4 is 29.0 Å². The van der Waals surface area contributed by atoms with Crippen molar-refractivity contribution in [2.45, 2.75) is 38.1 Å². The fourth-order valence-electron chi connectivity index (χ4n) is 3.58. The van der Waals surface area contributed by atoms with E-state index in [1.54, 1.807) is 24.4 Å². The Morgan fingerprint density at radius 1 is 1.00 bits per heavy atom. The molecule has 9 heteroatoms. The van der Waals surface area contributed by atoms with Crippen LogP contribution in [-0.2, 0) is 0 Å². The first-order valence-corrected chi connectivity index (χ1v) is 9.50. The Kier molecular flexibility index (Phi) is 6.38. The number of anilines is 2. The molecule has 0 bridgehead atoms. The molecule has 0 aliphatic heterocycles. The summed E-state index contributed by atoms with van der Waals surface area (Å²) in [5.74, 6) is 0. The lowest BCUT2D eigenvalue weighted by molar-refractivity contribution is -0.385. The molecule has 29 heavy (non-hydrogen) atoms. The van der Waals surface area contributed by atoms with Crippen LogP contribution in [0.15, 0.2) is 47.6 Å². The molecule has 0 aromatic heterocycles. The van der Waals surface area contributed by atoms with Gasteiger partial charge in [0.15, 0.2) is 0 Å². The normalized spacial score (nSPS) is 14.7. The average molecular weight is 397 g/mol. The van der Waals surface area contributed by atoms with Crippen LogP contribution in [0.5, 0.6) is 0 Å². The number of nitro benzene ring substituents is 2. The number of hydrazone groups is 1. The Hall–Kier alpha value is -3.49. The molecule has 1 N–H and O–H groups in total. The second kappa shape index (κ2) is 9.13. The Morgan fingerprint density at radius 3 is 2.24 bits per heavy atom. The van der Waals surface area contributed by atoms with Crippen LogP contribution in [-0.4, -0.2) is 29.2 Å². The van der Waals surface area contributed by atoms with Gasteiger partial charge in [-0.3, -0.25) is 25.7 Å². The molecule has 152 valence electrons. The van der Waals surface area contributed by atoms with Gasteiger partial charge in [0.05, 0.1) is 21.7 Å². The van der Waals surface area contributed by atoms with Gasteiger partial charge in [0, 0.05) is 48.6 Å². The number of hydrogen-bond acceptors (Lipinski definition) is 7. The monoisotopic (exact) mass is 397 g/mol. The summed E-state index contributed by atoms with van der Waals surface area (Å²) >= 11 is 0. The summed E-state index contributed by atoms with van der Waals surface area (Å²) in [6, 6.07) is 11.1. The summed E-state index contributed by atoms with van der Waals surface area (Å²) in [6.45, 7) is 0. The number of hydrogen-bond donors (Lipinski definition) is 1. The van der Waals surface area contributed by atoms with Crippen LogP contribution in [0, 0.1) is 20.2 Å². The van der Waals surface area contributed by atoms with Gasteiger partial charge in [0.2, 0.25) is 0 Å². The molecule has 0 atom stereocenters. The van der Waals surface area contributed by atoms with Crippen LogP contribution in [0.3, 0.4) is 0 Å². The highest BCUT2D eigenvalue weighted by Gasteiger charge is 2.21. The molecule has 0 unspecified atom stereocenters. The Labute approximate surface area is 168 Å². The maximum Gasteiger partial charge on any atom is 0.270 e. The first kappa shape index (κ1) is 20.2. The van der Waals surface area contributed by atoms with Gasteiger partial charge in [-0.05, 0) is 31.0 Å². The lowest BCUT2D eigenvalue weighted by Gasteiger charge is -2.33. The second-order valence-corrected chi connectivity index (χ2v) is 7.08. The average Bonchev–Trinajstić information content (AvgIpc) is 2.74. The summed E-state index contributed by atoms with van der Waals surface area (Å²) < 4.78 is 0. The van der Waals surface area contributed by atoms with E-state index < -0.39 is 9.85 Å². The van der Waals surface area contributed by atoms with E-state index in [9.17, 15) is 20.2 Å². The molecule has 2 aromatic rings. The van der Waals surface area contributed by atoms with Crippen molar-refractivity contribution < 1.29 is 9.85 Å². The zero-order valence-electron chi connectivity index (χ0n) is 16.2. The molecule has 0 spiro atoms. The van der Waals surface area contributed by atoms with E-state index in [1.807, 2.05) is 7.05 Å². The van der Waals surface area contributed by atoms with Gasteiger partial charge < -0.3 is 4.90 Å². The maximum atomic E-state index is 11.2.